The maximum absolute atomic E-state index is 13.0. The number of nitrogens with zero attached hydrogens (tertiary/aromatic N) is 5. The van der Waals surface area contributed by atoms with Crippen molar-refractivity contribution in [3.63, 3.8) is 0 Å². The third kappa shape index (κ3) is 5.17. The van der Waals surface area contributed by atoms with Crippen LogP contribution in [-0.2, 0) is 23.4 Å². The van der Waals surface area contributed by atoms with E-state index in [9.17, 15) is 4.79 Å². The average molecular weight is 457 g/mol. The van der Waals surface area contributed by atoms with Gasteiger partial charge in [0.15, 0.2) is 17.3 Å². The first-order valence-corrected chi connectivity index (χ1v) is 11.2. The molecule has 0 radical (unpaired) electrons. The number of fused-ring (bicyclic) bond motifs is 1. The minimum Gasteiger partial charge on any atom is -0.493 e. The van der Waals surface area contributed by atoms with Crippen LogP contribution in [0.4, 0.5) is 0 Å². The molecule has 1 atom stereocenters. The van der Waals surface area contributed by atoms with Crippen LogP contribution in [0.1, 0.15) is 45.0 Å². The second kappa shape index (κ2) is 9.48. The smallest absolute Gasteiger partial charge is 0.252 e. The molecule has 2 aromatic heterocycles. The fraction of sp³-hybridized carbons (Fsp3) is 0.565. The molecule has 0 unspecified atom stereocenters. The molecule has 4 rings (SSSR count). The van der Waals surface area contributed by atoms with Crippen LogP contribution in [0.15, 0.2) is 23.0 Å². The van der Waals surface area contributed by atoms with E-state index in [0.29, 0.717) is 42.2 Å². The summed E-state index contributed by atoms with van der Waals surface area (Å²) in [4.78, 5) is 18.1. The van der Waals surface area contributed by atoms with Crippen molar-refractivity contribution in [2.75, 3.05) is 27.4 Å². The van der Waals surface area contributed by atoms with Gasteiger partial charge in [-0.25, -0.2) is 4.68 Å². The monoisotopic (exact) mass is 456 g/mol. The summed E-state index contributed by atoms with van der Waals surface area (Å²) in [5.74, 6) is 1.94. The lowest BCUT2D eigenvalue weighted by Crippen LogP contribution is -2.35. The number of aromatic amines is 1. The predicted octanol–water partition coefficient (Wildman–Crippen LogP) is 2.47. The van der Waals surface area contributed by atoms with Crippen LogP contribution >= 0.6 is 0 Å². The van der Waals surface area contributed by atoms with Crippen molar-refractivity contribution >= 4 is 10.9 Å². The van der Waals surface area contributed by atoms with E-state index < -0.39 is 0 Å². The lowest BCUT2D eigenvalue weighted by molar-refractivity contribution is 0.0657. The molecule has 0 bridgehead atoms. The number of hydrogen-bond donors (Lipinski definition) is 1. The van der Waals surface area contributed by atoms with Crippen LogP contribution in [0.2, 0.25) is 0 Å². The van der Waals surface area contributed by atoms with Crippen molar-refractivity contribution in [3.8, 4) is 11.5 Å². The van der Waals surface area contributed by atoms with Crippen LogP contribution in [0.25, 0.3) is 10.9 Å². The number of nitrogens with one attached hydrogen (secondary N) is 1. The summed E-state index contributed by atoms with van der Waals surface area (Å²) in [6.07, 6.45) is 2.19. The molecule has 1 aliphatic heterocycles. The molecule has 1 N–H and O–H groups in total. The highest BCUT2D eigenvalue weighted by Gasteiger charge is 2.25. The van der Waals surface area contributed by atoms with Gasteiger partial charge in [-0.1, -0.05) is 0 Å². The first-order valence-electron chi connectivity index (χ1n) is 11.2. The van der Waals surface area contributed by atoms with Gasteiger partial charge in [-0.2, -0.15) is 0 Å². The Morgan fingerprint density at radius 1 is 1.18 bits per heavy atom. The zero-order valence-electron chi connectivity index (χ0n) is 19.9. The van der Waals surface area contributed by atoms with E-state index in [0.717, 1.165) is 30.7 Å². The summed E-state index contributed by atoms with van der Waals surface area (Å²) >= 11 is 0. The maximum atomic E-state index is 13.0. The number of rotatable bonds is 8. The number of methoxy groups -OCH3 is 2. The molecule has 0 amide bonds. The Bertz CT molecular complexity index is 1160. The normalized spacial score (nSPS) is 16.6. The largest absolute Gasteiger partial charge is 0.493 e. The molecule has 1 aromatic carbocycles. The van der Waals surface area contributed by atoms with E-state index in [-0.39, 0.29) is 17.2 Å². The van der Waals surface area contributed by atoms with Gasteiger partial charge in [-0.15, -0.1) is 5.10 Å². The van der Waals surface area contributed by atoms with Gasteiger partial charge in [-0.3, -0.25) is 9.69 Å². The SMILES string of the molecule is COc1cc2cc(CN(Cc3nnnn3C(C)(C)C)C[C@H]3CCCO3)c(=O)[nH]c2cc1OC. The molecule has 1 saturated heterocycles. The lowest BCUT2D eigenvalue weighted by atomic mass is 10.1. The van der Waals surface area contributed by atoms with E-state index in [2.05, 4.69) is 46.2 Å². The van der Waals surface area contributed by atoms with E-state index in [1.165, 1.54) is 0 Å². The standard InChI is InChI=1S/C23H32N6O4/c1-23(2,3)29-21(25-26-27-29)14-28(13-17-7-6-8-33-17)12-16-9-15-10-19(31-4)20(32-5)11-18(15)24-22(16)30/h9-11,17H,6-8,12-14H2,1-5H3,(H,24,30)/t17-/m1/s1. The van der Waals surface area contributed by atoms with E-state index in [1.807, 2.05) is 16.8 Å². The number of benzene rings is 1. The Hall–Kier alpha value is -2.98. The number of pyridine rings is 1. The molecule has 10 nitrogen and oxygen atoms in total. The third-order valence-electron chi connectivity index (χ3n) is 5.84. The Morgan fingerprint density at radius 2 is 1.94 bits per heavy atom. The topological polar surface area (TPSA) is 107 Å². The summed E-state index contributed by atoms with van der Waals surface area (Å²) < 4.78 is 18.5. The van der Waals surface area contributed by atoms with Crippen LogP contribution < -0.4 is 15.0 Å². The summed E-state index contributed by atoms with van der Waals surface area (Å²) in [6.45, 7) is 8.60. The molecule has 1 aliphatic rings. The van der Waals surface area contributed by atoms with Crippen molar-refractivity contribution < 1.29 is 14.2 Å². The molecule has 0 spiro atoms. The number of tetrazole rings is 1. The summed E-state index contributed by atoms with van der Waals surface area (Å²) in [5.41, 5.74) is 0.971. The molecule has 33 heavy (non-hydrogen) atoms. The van der Waals surface area contributed by atoms with Gasteiger partial charge in [0, 0.05) is 36.7 Å². The molecule has 3 aromatic rings. The summed E-state index contributed by atoms with van der Waals surface area (Å²) in [5, 5.41) is 13.2. The zero-order chi connectivity index (χ0) is 23.6. The van der Waals surface area contributed by atoms with Crippen molar-refractivity contribution in [2.45, 2.75) is 58.3 Å². The summed E-state index contributed by atoms with van der Waals surface area (Å²) in [6, 6.07) is 5.56. The average Bonchev–Trinajstić information content (AvgIpc) is 3.45. The molecular formula is C23H32N6O4. The highest BCUT2D eigenvalue weighted by molar-refractivity contribution is 5.83. The highest BCUT2D eigenvalue weighted by Crippen LogP contribution is 2.31. The molecule has 0 aliphatic carbocycles. The van der Waals surface area contributed by atoms with E-state index in [4.69, 9.17) is 14.2 Å². The Labute approximate surface area is 192 Å². The Morgan fingerprint density at radius 3 is 2.61 bits per heavy atom. The van der Waals surface area contributed by atoms with Gasteiger partial charge in [0.25, 0.3) is 5.56 Å². The number of hydrogen-bond acceptors (Lipinski definition) is 8. The fourth-order valence-corrected chi connectivity index (χ4v) is 4.22. The van der Waals surface area contributed by atoms with Crippen LogP contribution in [-0.4, -0.2) is 63.6 Å². The lowest BCUT2D eigenvalue weighted by Gasteiger charge is -2.26. The van der Waals surface area contributed by atoms with Crippen LogP contribution in [0.5, 0.6) is 11.5 Å². The minimum atomic E-state index is -0.246. The second-order valence-corrected chi connectivity index (χ2v) is 9.40. The minimum absolute atomic E-state index is 0.132. The van der Waals surface area contributed by atoms with E-state index in [1.54, 1.807) is 20.3 Å². The number of H-pyrrole nitrogens is 1. The molecule has 0 saturated carbocycles. The van der Waals surface area contributed by atoms with Crippen molar-refractivity contribution in [2.24, 2.45) is 0 Å². The van der Waals surface area contributed by atoms with E-state index >= 15 is 0 Å². The highest BCUT2D eigenvalue weighted by atomic mass is 16.5. The van der Waals surface area contributed by atoms with Crippen molar-refractivity contribution in [1.82, 2.24) is 30.1 Å². The molecule has 10 heteroatoms. The third-order valence-corrected chi connectivity index (χ3v) is 5.84. The van der Waals surface area contributed by atoms with Gasteiger partial charge in [0.05, 0.1) is 37.9 Å². The fourth-order valence-electron chi connectivity index (χ4n) is 4.22. The molecular weight excluding hydrogens is 424 g/mol. The molecule has 1 fully saturated rings. The Kier molecular flexibility index (Phi) is 6.66. The van der Waals surface area contributed by atoms with Gasteiger partial charge >= 0.3 is 0 Å². The molecule has 3 heterocycles. The van der Waals surface area contributed by atoms with Crippen molar-refractivity contribution in [3.05, 3.63) is 39.9 Å². The number of ether oxygens (including phenoxy) is 3. The quantitative estimate of drug-likeness (QED) is 0.551. The predicted molar refractivity (Wildman–Crippen MR) is 124 cm³/mol. The first kappa shape index (κ1) is 23.2. The maximum Gasteiger partial charge on any atom is 0.252 e. The van der Waals surface area contributed by atoms with Crippen LogP contribution in [0, 0.1) is 0 Å². The zero-order valence-corrected chi connectivity index (χ0v) is 19.9. The van der Waals surface area contributed by atoms with Crippen LogP contribution in [0.3, 0.4) is 0 Å². The first-order chi connectivity index (χ1) is 15.8. The summed E-state index contributed by atoms with van der Waals surface area (Å²) in [7, 11) is 3.17. The van der Waals surface area contributed by atoms with Crippen molar-refractivity contribution in [1.29, 1.82) is 0 Å². The van der Waals surface area contributed by atoms with Gasteiger partial charge in [0.1, 0.15) is 0 Å². The second-order valence-electron chi connectivity index (χ2n) is 9.40. The van der Waals surface area contributed by atoms with Gasteiger partial charge in [-0.05, 0) is 56.2 Å². The van der Waals surface area contributed by atoms with Gasteiger partial charge < -0.3 is 19.2 Å². The molecule has 178 valence electrons. The van der Waals surface area contributed by atoms with Gasteiger partial charge in [0.2, 0.25) is 0 Å². The number of aromatic nitrogens is 5. The Balaban J connectivity index is 1.65.